The monoisotopic (exact) mass is 215 g/mol. The largest absolute Gasteiger partial charge is 0.447 e. The first-order chi connectivity index (χ1) is 7.15. The van der Waals surface area contributed by atoms with Crippen LogP contribution < -0.4 is 0 Å². The zero-order chi connectivity index (χ0) is 11.7. The predicted octanol–water partition coefficient (Wildman–Crippen LogP) is 2.80. The summed E-state index contributed by atoms with van der Waals surface area (Å²) >= 11 is 0. The Morgan fingerprint density at radius 1 is 1.13 bits per heavy atom. The molecule has 0 aliphatic heterocycles. The molecule has 3 heteroatoms. The van der Waals surface area contributed by atoms with Crippen molar-refractivity contribution < 1.29 is 9.53 Å². The number of esters is 1. The van der Waals surface area contributed by atoms with Crippen molar-refractivity contribution in [1.29, 1.82) is 0 Å². The summed E-state index contributed by atoms with van der Waals surface area (Å²) in [6, 6.07) is 0. The third-order valence-corrected chi connectivity index (χ3v) is 2.29. The Morgan fingerprint density at radius 3 is 2.07 bits per heavy atom. The summed E-state index contributed by atoms with van der Waals surface area (Å²) in [4.78, 5) is 13.5. The van der Waals surface area contributed by atoms with Gasteiger partial charge in [-0.2, -0.15) is 0 Å². The summed E-state index contributed by atoms with van der Waals surface area (Å²) in [7, 11) is 0. The van der Waals surface area contributed by atoms with Gasteiger partial charge in [-0.15, -0.1) is 0 Å². The number of ether oxygens (including phenoxy) is 1. The molecule has 0 heterocycles. The van der Waals surface area contributed by atoms with Gasteiger partial charge in [-0.25, -0.2) is 0 Å². The van der Waals surface area contributed by atoms with E-state index < -0.39 is 0 Å². The first kappa shape index (κ1) is 14.4. The molecule has 0 bridgehead atoms. The van der Waals surface area contributed by atoms with Crippen LogP contribution >= 0.6 is 0 Å². The molecule has 0 fully saturated rings. The molecule has 0 spiro atoms. The number of nitrogens with zero attached hydrogens (tertiary/aromatic N) is 1. The molecule has 0 saturated heterocycles. The molecule has 0 rings (SSSR count). The first-order valence-corrected chi connectivity index (χ1v) is 6.09. The van der Waals surface area contributed by atoms with E-state index in [0.717, 1.165) is 32.4 Å². The predicted molar refractivity (Wildman–Crippen MR) is 62.6 cm³/mol. The van der Waals surface area contributed by atoms with Crippen LogP contribution in [0.25, 0.3) is 0 Å². The number of hydrogen-bond acceptors (Lipinski definition) is 3. The molecular formula is C12H25NO2. The molecule has 1 atom stereocenters. The maximum absolute atomic E-state index is 11.3. The van der Waals surface area contributed by atoms with Crippen LogP contribution in [0.5, 0.6) is 0 Å². The second-order valence-corrected chi connectivity index (χ2v) is 3.88. The van der Waals surface area contributed by atoms with Crippen molar-refractivity contribution in [3.8, 4) is 0 Å². The highest BCUT2D eigenvalue weighted by atomic mass is 16.6. The molecule has 15 heavy (non-hydrogen) atoms. The molecule has 0 aliphatic rings. The highest BCUT2D eigenvalue weighted by Gasteiger charge is 2.15. The van der Waals surface area contributed by atoms with Crippen LogP contribution in [0.4, 0.5) is 0 Å². The van der Waals surface area contributed by atoms with E-state index in [9.17, 15) is 4.79 Å². The fourth-order valence-corrected chi connectivity index (χ4v) is 1.58. The van der Waals surface area contributed by atoms with Gasteiger partial charge in [0.2, 0.25) is 0 Å². The summed E-state index contributed by atoms with van der Waals surface area (Å²) in [6.45, 7) is 10.2. The van der Waals surface area contributed by atoms with Crippen molar-refractivity contribution in [1.82, 2.24) is 4.90 Å². The molecule has 0 amide bonds. The summed E-state index contributed by atoms with van der Waals surface area (Å²) in [5.41, 5.74) is 0. The molecule has 1 unspecified atom stereocenters. The Morgan fingerprint density at radius 2 is 1.67 bits per heavy atom. The van der Waals surface area contributed by atoms with E-state index in [0.29, 0.717) is 6.42 Å². The van der Waals surface area contributed by atoms with E-state index in [1.165, 1.54) is 0 Å². The summed E-state index contributed by atoms with van der Waals surface area (Å²) in [5, 5.41) is 0. The van der Waals surface area contributed by atoms with Gasteiger partial charge in [0, 0.05) is 19.5 Å². The van der Waals surface area contributed by atoms with E-state index >= 15 is 0 Å². The Labute approximate surface area is 93.8 Å². The zero-order valence-corrected chi connectivity index (χ0v) is 10.6. The third-order valence-electron chi connectivity index (χ3n) is 2.29. The topological polar surface area (TPSA) is 29.5 Å². The minimum absolute atomic E-state index is 0.0797. The first-order valence-electron chi connectivity index (χ1n) is 6.09. The molecule has 0 aromatic carbocycles. The van der Waals surface area contributed by atoms with E-state index in [1.807, 2.05) is 13.8 Å². The molecule has 90 valence electrons. The average Bonchev–Trinajstić information content (AvgIpc) is 2.17. The number of rotatable bonds is 8. The van der Waals surface area contributed by atoms with Gasteiger partial charge < -0.3 is 4.74 Å². The standard InChI is InChI=1S/C12H25NO2/c1-5-8-12(14)15-11(4)13(9-6-2)10-7-3/h11H,5-10H2,1-4H3. The average molecular weight is 215 g/mol. The smallest absolute Gasteiger partial charge is 0.307 e. The van der Waals surface area contributed by atoms with E-state index in [4.69, 9.17) is 4.74 Å². The van der Waals surface area contributed by atoms with Crippen molar-refractivity contribution in [2.75, 3.05) is 13.1 Å². The summed E-state index contributed by atoms with van der Waals surface area (Å²) < 4.78 is 5.35. The second-order valence-electron chi connectivity index (χ2n) is 3.88. The quantitative estimate of drug-likeness (QED) is 0.460. The molecular weight excluding hydrogens is 190 g/mol. The molecule has 3 nitrogen and oxygen atoms in total. The van der Waals surface area contributed by atoms with Crippen molar-refractivity contribution >= 4 is 5.97 Å². The van der Waals surface area contributed by atoms with Crippen molar-refractivity contribution in [2.45, 2.75) is 59.6 Å². The maximum atomic E-state index is 11.3. The highest BCUT2D eigenvalue weighted by molar-refractivity contribution is 5.69. The lowest BCUT2D eigenvalue weighted by molar-refractivity contribution is -0.157. The van der Waals surface area contributed by atoms with Crippen LogP contribution in [-0.4, -0.2) is 30.2 Å². The van der Waals surface area contributed by atoms with Crippen LogP contribution in [0.3, 0.4) is 0 Å². The van der Waals surface area contributed by atoms with Gasteiger partial charge in [0.1, 0.15) is 0 Å². The Balaban J connectivity index is 3.99. The van der Waals surface area contributed by atoms with Crippen LogP contribution in [0.1, 0.15) is 53.4 Å². The Bertz CT molecular complexity index is 165. The van der Waals surface area contributed by atoms with Gasteiger partial charge in [0.15, 0.2) is 6.23 Å². The van der Waals surface area contributed by atoms with Gasteiger partial charge in [-0.05, 0) is 26.2 Å². The SMILES string of the molecule is CCCC(=O)OC(C)N(CCC)CCC. The van der Waals surface area contributed by atoms with Gasteiger partial charge in [-0.3, -0.25) is 9.69 Å². The minimum Gasteiger partial charge on any atom is -0.447 e. The van der Waals surface area contributed by atoms with Crippen LogP contribution in [0.2, 0.25) is 0 Å². The van der Waals surface area contributed by atoms with Gasteiger partial charge in [0.05, 0.1) is 0 Å². The summed E-state index contributed by atoms with van der Waals surface area (Å²) in [6.07, 6.45) is 3.48. The molecule has 0 radical (unpaired) electrons. The van der Waals surface area contributed by atoms with Gasteiger partial charge in [0.25, 0.3) is 0 Å². The minimum atomic E-state index is -0.0813. The molecule has 0 aromatic rings. The molecule has 0 aliphatic carbocycles. The fourth-order valence-electron chi connectivity index (χ4n) is 1.58. The Hall–Kier alpha value is -0.570. The second kappa shape index (κ2) is 8.72. The van der Waals surface area contributed by atoms with Gasteiger partial charge >= 0.3 is 5.97 Å². The highest BCUT2D eigenvalue weighted by Crippen LogP contribution is 2.05. The van der Waals surface area contributed by atoms with E-state index in [1.54, 1.807) is 0 Å². The molecule has 0 N–H and O–H groups in total. The van der Waals surface area contributed by atoms with Crippen LogP contribution in [0, 0.1) is 0 Å². The zero-order valence-electron chi connectivity index (χ0n) is 10.6. The molecule has 0 aromatic heterocycles. The number of carbonyl (C=O) groups is 1. The van der Waals surface area contributed by atoms with E-state index in [2.05, 4.69) is 18.7 Å². The number of hydrogen-bond donors (Lipinski definition) is 0. The third kappa shape index (κ3) is 6.50. The lowest BCUT2D eigenvalue weighted by atomic mass is 10.3. The van der Waals surface area contributed by atoms with Crippen molar-refractivity contribution in [3.63, 3.8) is 0 Å². The van der Waals surface area contributed by atoms with Gasteiger partial charge in [-0.1, -0.05) is 20.8 Å². The van der Waals surface area contributed by atoms with Crippen molar-refractivity contribution in [2.24, 2.45) is 0 Å². The summed E-state index contributed by atoms with van der Waals surface area (Å²) in [5.74, 6) is -0.0813. The fraction of sp³-hybridized carbons (Fsp3) is 0.917. The van der Waals surface area contributed by atoms with E-state index in [-0.39, 0.29) is 12.2 Å². The maximum Gasteiger partial charge on any atom is 0.307 e. The lowest BCUT2D eigenvalue weighted by Gasteiger charge is -2.27. The van der Waals surface area contributed by atoms with Crippen molar-refractivity contribution in [3.05, 3.63) is 0 Å². The Kier molecular flexibility index (Phi) is 8.38. The lowest BCUT2D eigenvalue weighted by Crippen LogP contribution is -2.37. The molecule has 0 saturated carbocycles. The normalized spacial score (nSPS) is 12.9. The van der Waals surface area contributed by atoms with Crippen LogP contribution in [0.15, 0.2) is 0 Å². The number of carbonyl (C=O) groups excluding carboxylic acids is 1. The van der Waals surface area contributed by atoms with Crippen LogP contribution in [-0.2, 0) is 9.53 Å².